The van der Waals surface area contributed by atoms with Crippen molar-refractivity contribution in [3.05, 3.63) is 47.0 Å². The molecule has 18 heavy (non-hydrogen) atoms. The first-order valence-electron chi connectivity index (χ1n) is 5.23. The van der Waals surface area contributed by atoms with Gasteiger partial charge in [0.2, 0.25) is 5.88 Å². The summed E-state index contributed by atoms with van der Waals surface area (Å²) in [5.41, 5.74) is 0.915. The molecule has 0 radical (unpaired) electrons. The summed E-state index contributed by atoms with van der Waals surface area (Å²) in [4.78, 5) is 7.86. The first kappa shape index (κ1) is 12.6. The van der Waals surface area contributed by atoms with Crippen LogP contribution in [-0.2, 0) is 6.54 Å². The molecule has 0 saturated carbocycles. The Bertz CT molecular complexity index is 551. The number of methoxy groups -OCH3 is 1. The Labute approximate surface area is 109 Å². The molecule has 1 N–H and O–H groups in total. The summed E-state index contributed by atoms with van der Waals surface area (Å²) in [6.45, 7) is 0.421. The number of pyridine rings is 2. The maximum atomic E-state index is 13.5. The Hall–Kier alpha value is -1.88. The van der Waals surface area contributed by atoms with Gasteiger partial charge in [0.15, 0.2) is 11.6 Å². The summed E-state index contributed by atoms with van der Waals surface area (Å²) >= 11 is 5.62. The van der Waals surface area contributed by atoms with Gasteiger partial charge in [0.25, 0.3) is 0 Å². The van der Waals surface area contributed by atoms with Crippen molar-refractivity contribution >= 4 is 17.4 Å². The molecular formula is C12H11ClFN3O. The molecule has 0 bridgehead atoms. The third-order valence-electron chi connectivity index (χ3n) is 2.28. The Morgan fingerprint density at radius 1 is 1.39 bits per heavy atom. The van der Waals surface area contributed by atoms with Gasteiger partial charge in [0.1, 0.15) is 0 Å². The zero-order valence-electron chi connectivity index (χ0n) is 9.65. The van der Waals surface area contributed by atoms with Gasteiger partial charge in [-0.3, -0.25) is 0 Å². The van der Waals surface area contributed by atoms with E-state index in [1.165, 1.54) is 12.3 Å². The van der Waals surface area contributed by atoms with Gasteiger partial charge in [0.05, 0.1) is 12.1 Å². The lowest BCUT2D eigenvalue weighted by Gasteiger charge is -2.07. The SMILES string of the molecule is COc1cc(CNc2ncc(Cl)cc2F)ccn1. The summed E-state index contributed by atoms with van der Waals surface area (Å²) in [7, 11) is 1.54. The third kappa shape index (κ3) is 3.07. The average molecular weight is 268 g/mol. The van der Waals surface area contributed by atoms with Crippen molar-refractivity contribution in [2.75, 3.05) is 12.4 Å². The molecule has 0 aromatic carbocycles. The van der Waals surface area contributed by atoms with Gasteiger partial charge in [-0.25, -0.2) is 14.4 Å². The molecule has 0 aliphatic carbocycles. The number of halogens is 2. The molecule has 0 unspecified atom stereocenters. The number of hydrogen-bond donors (Lipinski definition) is 1. The minimum absolute atomic E-state index is 0.162. The summed E-state index contributed by atoms with van der Waals surface area (Å²) in [6.07, 6.45) is 3.02. The molecule has 0 amide bonds. The third-order valence-corrected chi connectivity index (χ3v) is 2.48. The van der Waals surface area contributed by atoms with Crippen LogP contribution < -0.4 is 10.1 Å². The average Bonchev–Trinajstić information content (AvgIpc) is 2.38. The van der Waals surface area contributed by atoms with Gasteiger partial charge in [-0.1, -0.05) is 11.6 Å². The predicted octanol–water partition coefficient (Wildman–Crippen LogP) is 2.89. The molecule has 0 atom stereocenters. The van der Waals surface area contributed by atoms with E-state index in [0.29, 0.717) is 12.4 Å². The van der Waals surface area contributed by atoms with E-state index in [1.54, 1.807) is 19.4 Å². The highest BCUT2D eigenvalue weighted by Gasteiger charge is 2.04. The maximum Gasteiger partial charge on any atom is 0.213 e. The fourth-order valence-electron chi connectivity index (χ4n) is 1.40. The van der Waals surface area contributed by atoms with Crippen LogP contribution in [-0.4, -0.2) is 17.1 Å². The van der Waals surface area contributed by atoms with E-state index < -0.39 is 5.82 Å². The Morgan fingerprint density at radius 3 is 2.94 bits per heavy atom. The normalized spacial score (nSPS) is 10.2. The van der Waals surface area contributed by atoms with E-state index in [-0.39, 0.29) is 10.8 Å². The first-order chi connectivity index (χ1) is 8.69. The van der Waals surface area contributed by atoms with Crippen LogP contribution in [0.3, 0.4) is 0 Å². The molecule has 2 aromatic heterocycles. The van der Waals surface area contributed by atoms with Crippen LogP contribution in [0.15, 0.2) is 30.6 Å². The lowest BCUT2D eigenvalue weighted by molar-refractivity contribution is 0.397. The highest BCUT2D eigenvalue weighted by atomic mass is 35.5. The van der Waals surface area contributed by atoms with Gasteiger partial charge < -0.3 is 10.1 Å². The lowest BCUT2D eigenvalue weighted by atomic mass is 10.2. The van der Waals surface area contributed by atoms with Crippen LogP contribution >= 0.6 is 11.6 Å². The van der Waals surface area contributed by atoms with Crippen molar-refractivity contribution in [2.45, 2.75) is 6.54 Å². The minimum atomic E-state index is -0.483. The highest BCUT2D eigenvalue weighted by Crippen LogP contribution is 2.17. The van der Waals surface area contributed by atoms with Crippen molar-refractivity contribution in [3.8, 4) is 5.88 Å². The topological polar surface area (TPSA) is 47.0 Å². The van der Waals surface area contributed by atoms with Crippen LogP contribution in [0.2, 0.25) is 5.02 Å². The smallest absolute Gasteiger partial charge is 0.213 e. The quantitative estimate of drug-likeness (QED) is 0.925. The van der Waals surface area contributed by atoms with Crippen molar-refractivity contribution in [2.24, 2.45) is 0 Å². The van der Waals surface area contributed by atoms with Crippen molar-refractivity contribution < 1.29 is 9.13 Å². The fraction of sp³-hybridized carbons (Fsp3) is 0.167. The van der Waals surface area contributed by atoms with E-state index in [9.17, 15) is 4.39 Å². The van der Waals surface area contributed by atoms with Gasteiger partial charge in [-0.15, -0.1) is 0 Å². The monoisotopic (exact) mass is 267 g/mol. The second-order valence-electron chi connectivity index (χ2n) is 3.54. The summed E-state index contributed by atoms with van der Waals surface area (Å²) in [5.74, 6) is 0.192. The molecule has 4 nitrogen and oxygen atoms in total. The predicted molar refractivity (Wildman–Crippen MR) is 67.3 cm³/mol. The van der Waals surface area contributed by atoms with E-state index >= 15 is 0 Å². The maximum absolute atomic E-state index is 13.5. The number of anilines is 1. The highest BCUT2D eigenvalue weighted by molar-refractivity contribution is 6.30. The lowest BCUT2D eigenvalue weighted by Crippen LogP contribution is -2.04. The van der Waals surface area contributed by atoms with Crippen molar-refractivity contribution in [1.29, 1.82) is 0 Å². The van der Waals surface area contributed by atoms with Gasteiger partial charge in [-0.2, -0.15) is 0 Å². The molecule has 0 saturated heterocycles. The van der Waals surface area contributed by atoms with E-state index in [1.807, 2.05) is 6.07 Å². The van der Waals surface area contributed by atoms with Gasteiger partial charge in [-0.05, 0) is 17.7 Å². The number of hydrogen-bond acceptors (Lipinski definition) is 4. The number of nitrogens with zero attached hydrogens (tertiary/aromatic N) is 2. The molecule has 2 rings (SSSR count). The Kier molecular flexibility index (Phi) is 3.94. The molecule has 6 heteroatoms. The second-order valence-corrected chi connectivity index (χ2v) is 3.98. The summed E-state index contributed by atoms with van der Waals surface area (Å²) in [6, 6.07) is 4.79. The summed E-state index contributed by atoms with van der Waals surface area (Å²) < 4.78 is 18.5. The Morgan fingerprint density at radius 2 is 2.22 bits per heavy atom. The number of aromatic nitrogens is 2. The standard InChI is InChI=1S/C12H11ClFN3O/c1-18-11-4-8(2-3-15-11)6-16-12-10(14)5-9(13)7-17-12/h2-5,7H,6H2,1H3,(H,16,17). The molecule has 0 aliphatic rings. The van der Waals surface area contributed by atoms with Crippen molar-refractivity contribution in [3.63, 3.8) is 0 Å². The van der Waals surface area contributed by atoms with Crippen LogP contribution in [0.25, 0.3) is 0 Å². The molecule has 0 aliphatic heterocycles. The van der Waals surface area contributed by atoms with Crippen LogP contribution in [0.5, 0.6) is 5.88 Å². The molecule has 94 valence electrons. The van der Waals surface area contributed by atoms with Crippen LogP contribution in [0.4, 0.5) is 10.2 Å². The van der Waals surface area contributed by atoms with E-state index in [2.05, 4.69) is 15.3 Å². The fourth-order valence-corrected chi connectivity index (χ4v) is 1.55. The number of nitrogens with one attached hydrogen (secondary N) is 1. The summed E-state index contributed by atoms with van der Waals surface area (Å²) in [5, 5.41) is 3.15. The molecule has 0 fully saturated rings. The largest absolute Gasteiger partial charge is 0.481 e. The van der Waals surface area contributed by atoms with Gasteiger partial charge >= 0.3 is 0 Å². The number of ether oxygens (including phenoxy) is 1. The molecular weight excluding hydrogens is 257 g/mol. The second kappa shape index (κ2) is 5.64. The minimum Gasteiger partial charge on any atom is -0.481 e. The van der Waals surface area contributed by atoms with E-state index in [0.717, 1.165) is 5.56 Å². The van der Waals surface area contributed by atoms with Gasteiger partial charge in [0, 0.05) is 25.0 Å². The van der Waals surface area contributed by atoms with Crippen LogP contribution in [0, 0.1) is 5.82 Å². The Balaban J connectivity index is 2.06. The molecule has 0 spiro atoms. The first-order valence-corrected chi connectivity index (χ1v) is 5.60. The van der Waals surface area contributed by atoms with Crippen molar-refractivity contribution in [1.82, 2.24) is 9.97 Å². The zero-order chi connectivity index (χ0) is 13.0. The van der Waals surface area contributed by atoms with E-state index in [4.69, 9.17) is 16.3 Å². The zero-order valence-corrected chi connectivity index (χ0v) is 10.4. The molecule has 2 heterocycles. The van der Waals surface area contributed by atoms with Crippen LogP contribution in [0.1, 0.15) is 5.56 Å². The number of rotatable bonds is 4. The molecule has 2 aromatic rings.